The predicted molar refractivity (Wildman–Crippen MR) is 93.4 cm³/mol. The number of rotatable bonds is 6. The molecule has 0 bridgehead atoms. The van der Waals surface area contributed by atoms with E-state index in [1.165, 1.54) is 7.11 Å². The van der Waals surface area contributed by atoms with Gasteiger partial charge in [0.25, 0.3) is 5.91 Å². The van der Waals surface area contributed by atoms with Gasteiger partial charge in [-0.05, 0) is 12.1 Å². The number of aromatic nitrogens is 1. The lowest BCUT2D eigenvalue weighted by Gasteiger charge is -2.15. The number of carbonyl (C=O) groups is 3. The van der Waals surface area contributed by atoms with E-state index >= 15 is 0 Å². The summed E-state index contributed by atoms with van der Waals surface area (Å²) in [6.45, 7) is -0.488. The minimum Gasteiger partial charge on any atom is -0.468 e. The molecule has 0 fully saturated rings. The van der Waals surface area contributed by atoms with Crippen molar-refractivity contribution in [3.8, 4) is 0 Å². The minimum atomic E-state index is -0.560. The number of pyridine rings is 1. The zero-order valence-corrected chi connectivity index (χ0v) is 14.3. The van der Waals surface area contributed by atoms with Crippen molar-refractivity contribution < 1.29 is 19.1 Å². The van der Waals surface area contributed by atoms with Crippen molar-refractivity contribution in [2.75, 3.05) is 39.2 Å². The number of hydrogen-bond donors (Lipinski definition) is 2. The smallest absolute Gasteiger partial charge is 0.325 e. The van der Waals surface area contributed by atoms with Crippen LogP contribution in [0.15, 0.2) is 30.3 Å². The quantitative estimate of drug-likeness (QED) is 0.732. The minimum absolute atomic E-state index is 0.242. The van der Waals surface area contributed by atoms with Crippen LogP contribution in [0.5, 0.6) is 0 Å². The van der Waals surface area contributed by atoms with Gasteiger partial charge in [0.2, 0.25) is 5.91 Å². The van der Waals surface area contributed by atoms with Gasteiger partial charge in [-0.25, -0.2) is 4.98 Å². The summed E-state index contributed by atoms with van der Waals surface area (Å²) < 4.78 is 4.43. The molecule has 0 radical (unpaired) electrons. The molecule has 132 valence electrons. The fourth-order valence-electron chi connectivity index (χ4n) is 2.14. The van der Waals surface area contributed by atoms with Gasteiger partial charge in [0.05, 0.1) is 24.7 Å². The maximum absolute atomic E-state index is 12.5. The van der Waals surface area contributed by atoms with Crippen LogP contribution in [0.3, 0.4) is 0 Å². The Kier molecular flexibility index (Phi) is 5.89. The maximum atomic E-state index is 12.5. The largest absolute Gasteiger partial charge is 0.468 e. The first-order chi connectivity index (χ1) is 11.9. The molecule has 0 spiro atoms. The van der Waals surface area contributed by atoms with E-state index in [4.69, 9.17) is 0 Å². The van der Waals surface area contributed by atoms with E-state index in [0.29, 0.717) is 22.3 Å². The highest BCUT2D eigenvalue weighted by atomic mass is 16.5. The molecule has 0 aliphatic heterocycles. The summed E-state index contributed by atoms with van der Waals surface area (Å²) in [5, 5.41) is 5.60. The number of benzene rings is 1. The Labute approximate surface area is 145 Å². The molecule has 1 heterocycles. The van der Waals surface area contributed by atoms with Gasteiger partial charge < -0.3 is 20.3 Å². The van der Waals surface area contributed by atoms with E-state index in [-0.39, 0.29) is 13.1 Å². The first-order valence-electron chi connectivity index (χ1n) is 7.61. The van der Waals surface area contributed by atoms with Crippen molar-refractivity contribution in [3.05, 3.63) is 35.9 Å². The number of fused-ring (bicyclic) bond motifs is 1. The standard InChI is InChI=1S/C17H20N4O4/c1-21(2)14-8-12(11-6-4-5-7-13(11)20-14)17(24)19-9-15(22)18-10-16(23)25-3/h4-8H,9-10H2,1-3H3,(H,18,22)(H,19,24). The maximum Gasteiger partial charge on any atom is 0.325 e. The molecule has 1 aromatic heterocycles. The Hall–Kier alpha value is -3.16. The Bertz CT molecular complexity index is 804. The van der Waals surface area contributed by atoms with Crippen LogP contribution in [0.4, 0.5) is 5.82 Å². The summed E-state index contributed by atoms with van der Waals surface area (Å²) in [7, 11) is 4.89. The van der Waals surface area contributed by atoms with Crippen LogP contribution >= 0.6 is 0 Å². The highest BCUT2D eigenvalue weighted by Gasteiger charge is 2.15. The molecule has 0 aliphatic carbocycles. The third kappa shape index (κ3) is 4.66. The summed E-state index contributed by atoms with van der Waals surface area (Å²) in [6.07, 6.45) is 0. The van der Waals surface area contributed by atoms with E-state index in [1.54, 1.807) is 17.0 Å². The highest BCUT2D eigenvalue weighted by molar-refractivity contribution is 6.07. The van der Waals surface area contributed by atoms with Crippen LogP contribution in [0, 0.1) is 0 Å². The van der Waals surface area contributed by atoms with Crippen molar-refractivity contribution in [3.63, 3.8) is 0 Å². The number of methoxy groups -OCH3 is 1. The molecule has 2 rings (SSSR count). The van der Waals surface area contributed by atoms with E-state index in [0.717, 1.165) is 0 Å². The normalized spacial score (nSPS) is 10.2. The number of amides is 2. The van der Waals surface area contributed by atoms with Crippen molar-refractivity contribution in [1.82, 2.24) is 15.6 Å². The Balaban J connectivity index is 2.13. The topological polar surface area (TPSA) is 101 Å². The van der Waals surface area contributed by atoms with Gasteiger partial charge in [0, 0.05) is 19.5 Å². The molecular weight excluding hydrogens is 324 g/mol. The molecule has 0 saturated carbocycles. The molecule has 8 heteroatoms. The lowest BCUT2D eigenvalue weighted by molar-refractivity contribution is -0.141. The Morgan fingerprint density at radius 3 is 2.52 bits per heavy atom. The number of nitrogens with zero attached hydrogens (tertiary/aromatic N) is 2. The van der Waals surface area contributed by atoms with E-state index in [1.807, 2.05) is 32.3 Å². The lowest BCUT2D eigenvalue weighted by Crippen LogP contribution is -2.39. The zero-order valence-electron chi connectivity index (χ0n) is 14.3. The average Bonchev–Trinajstić information content (AvgIpc) is 2.62. The predicted octanol–water partition coefficient (Wildman–Crippen LogP) is 0.320. The van der Waals surface area contributed by atoms with Crippen LogP contribution in [0.2, 0.25) is 0 Å². The molecule has 2 aromatic rings. The van der Waals surface area contributed by atoms with Gasteiger partial charge >= 0.3 is 5.97 Å². The second-order valence-electron chi connectivity index (χ2n) is 5.48. The number of ether oxygens (including phenoxy) is 1. The summed E-state index contributed by atoms with van der Waals surface area (Å²) in [5.74, 6) is -0.797. The number of hydrogen-bond acceptors (Lipinski definition) is 6. The van der Waals surface area contributed by atoms with Gasteiger partial charge in [0.1, 0.15) is 12.4 Å². The fourth-order valence-corrected chi connectivity index (χ4v) is 2.14. The molecule has 0 atom stereocenters. The zero-order chi connectivity index (χ0) is 18.4. The number of esters is 1. The summed E-state index contributed by atoms with van der Waals surface area (Å²) >= 11 is 0. The van der Waals surface area contributed by atoms with E-state index in [2.05, 4.69) is 20.4 Å². The van der Waals surface area contributed by atoms with Crippen molar-refractivity contribution in [2.24, 2.45) is 0 Å². The molecule has 0 saturated heterocycles. The van der Waals surface area contributed by atoms with Gasteiger partial charge in [-0.2, -0.15) is 0 Å². The van der Waals surface area contributed by atoms with Crippen LogP contribution in [-0.4, -0.2) is 57.1 Å². The van der Waals surface area contributed by atoms with E-state index < -0.39 is 17.8 Å². The Morgan fingerprint density at radius 2 is 1.84 bits per heavy atom. The molecule has 8 nitrogen and oxygen atoms in total. The highest BCUT2D eigenvalue weighted by Crippen LogP contribution is 2.21. The molecule has 25 heavy (non-hydrogen) atoms. The average molecular weight is 344 g/mol. The van der Waals surface area contributed by atoms with Crippen LogP contribution in [-0.2, 0) is 14.3 Å². The number of anilines is 1. The third-order valence-electron chi connectivity index (χ3n) is 3.47. The van der Waals surface area contributed by atoms with Gasteiger partial charge in [-0.3, -0.25) is 14.4 Å². The third-order valence-corrected chi connectivity index (χ3v) is 3.47. The number of nitrogens with one attached hydrogen (secondary N) is 2. The molecule has 2 amide bonds. The van der Waals surface area contributed by atoms with Gasteiger partial charge in [0.15, 0.2) is 0 Å². The summed E-state index contributed by atoms with van der Waals surface area (Å²) in [5.41, 5.74) is 1.11. The van der Waals surface area contributed by atoms with Crippen LogP contribution in [0.1, 0.15) is 10.4 Å². The van der Waals surface area contributed by atoms with E-state index in [9.17, 15) is 14.4 Å². The second-order valence-corrected chi connectivity index (χ2v) is 5.48. The van der Waals surface area contributed by atoms with Crippen LogP contribution in [0.25, 0.3) is 10.9 Å². The monoisotopic (exact) mass is 344 g/mol. The molecule has 0 aliphatic rings. The first-order valence-corrected chi connectivity index (χ1v) is 7.61. The SMILES string of the molecule is COC(=O)CNC(=O)CNC(=O)c1cc(N(C)C)nc2ccccc12. The molecule has 1 aromatic carbocycles. The molecule has 0 unspecified atom stereocenters. The lowest BCUT2D eigenvalue weighted by atomic mass is 10.1. The summed E-state index contributed by atoms with van der Waals surface area (Å²) in [6, 6.07) is 8.95. The number of para-hydroxylation sites is 1. The first kappa shape index (κ1) is 18.2. The summed E-state index contributed by atoms with van der Waals surface area (Å²) in [4.78, 5) is 41.5. The van der Waals surface area contributed by atoms with Crippen LogP contribution < -0.4 is 15.5 Å². The molecule has 2 N–H and O–H groups in total. The number of carbonyl (C=O) groups excluding carboxylic acids is 3. The Morgan fingerprint density at radius 1 is 1.12 bits per heavy atom. The molecular formula is C17H20N4O4. The van der Waals surface area contributed by atoms with Crippen molar-refractivity contribution in [2.45, 2.75) is 0 Å². The fraction of sp³-hybridized carbons (Fsp3) is 0.294. The van der Waals surface area contributed by atoms with Crippen molar-refractivity contribution in [1.29, 1.82) is 0 Å². The van der Waals surface area contributed by atoms with Crippen molar-refractivity contribution >= 4 is 34.5 Å². The van der Waals surface area contributed by atoms with Gasteiger partial charge in [-0.15, -0.1) is 0 Å². The van der Waals surface area contributed by atoms with Gasteiger partial charge in [-0.1, -0.05) is 18.2 Å². The second kappa shape index (κ2) is 8.09.